The minimum Gasteiger partial charge on any atom is -0.339 e. The number of rotatable bonds is 4. The van der Waals surface area contributed by atoms with Crippen LogP contribution >= 0.6 is 11.6 Å². The van der Waals surface area contributed by atoms with Crippen LogP contribution in [0.15, 0.2) is 28.8 Å². The molecule has 3 rings (SSSR count). The van der Waals surface area contributed by atoms with E-state index in [1.165, 1.54) is 0 Å². The van der Waals surface area contributed by atoms with Crippen molar-refractivity contribution in [3.05, 3.63) is 35.2 Å². The van der Waals surface area contributed by atoms with E-state index in [1.54, 1.807) is 17.0 Å². The van der Waals surface area contributed by atoms with Gasteiger partial charge >= 0.3 is 0 Å². The molecule has 8 heteroatoms. The fraction of sp³-hybridized carbons (Fsp3) is 0.400. The summed E-state index contributed by atoms with van der Waals surface area (Å²) in [5.41, 5.74) is 6.25. The van der Waals surface area contributed by atoms with Crippen LogP contribution in [0.4, 0.5) is 0 Å². The molecule has 1 aliphatic heterocycles. The van der Waals surface area contributed by atoms with Crippen LogP contribution < -0.4 is 5.73 Å². The van der Waals surface area contributed by atoms with E-state index in [0.717, 1.165) is 18.7 Å². The number of carbonyl (C=O) groups is 1. The summed E-state index contributed by atoms with van der Waals surface area (Å²) < 4.78 is 5.31. The average molecular weight is 336 g/mol. The molecule has 1 saturated heterocycles. The highest BCUT2D eigenvalue weighted by Crippen LogP contribution is 2.19. The summed E-state index contributed by atoms with van der Waals surface area (Å²) in [5.74, 6) is 1.11. The van der Waals surface area contributed by atoms with E-state index in [0.29, 0.717) is 36.4 Å². The molecule has 0 saturated carbocycles. The van der Waals surface area contributed by atoms with Gasteiger partial charge in [0, 0.05) is 36.8 Å². The number of amides is 1. The lowest BCUT2D eigenvalue weighted by Gasteiger charge is -2.33. The minimum atomic E-state index is -0.00698. The van der Waals surface area contributed by atoms with E-state index in [4.69, 9.17) is 21.9 Å². The van der Waals surface area contributed by atoms with Gasteiger partial charge in [-0.3, -0.25) is 9.69 Å². The molecule has 0 radical (unpaired) electrons. The summed E-state index contributed by atoms with van der Waals surface area (Å²) in [6, 6.07) is 7.30. The van der Waals surface area contributed by atoms with Crippen LogP contribution in [0.5, 0.6) is 0 Å². The fourth-order valence-electron chi connectivity index (χ4n) is 2.51. The molecule has 1 aliphatic rings. The lowest BCUT2D eigenvalue weighted by molar-refractivity contribution is -0.131. The molecule has 2 aromatic rings. The van der Waals surface area contributed by atoms with E-state index in [1.807, 2.05) is 12.1 Å². The number of nitrogens with two attached hydrogens (primary N) is 1. The first-order valence-corrected chi connectivity index (χ1v) is 7.82. The van der Waals surface area contributed by atoms with Gasteiger partial charge in [0.2, 0.25) is 17.6 Å². The Balaban J connectivity index is 1.58. The van der Waals surface area contributed by atoms with Gasteiger partial charge in [-0.2, -0.15) is 4.98 Å². The van der Waals surface area contributed by atoms with Crippen LogP contribution in [0.3, 0.4) is 0 Å². The van der Waals surface area contributed by atoms with Crippen LogP contribution in [-0.2, 0) is 11.3 Å². The largest absolute Gasteiger partial charge is 0.339 e. The molecule has 1 fully saturated rings. The SMILES string of the molecule is NCC(=O)N1CCN(Cc2nc(-c3ccc(Cl)cc3)no2)CC1. The third-order valence-electron chi connectivity index (χ3n) is 3.83. The van der Waals surface area contributed by atoms with Gasteiger partial charge in [-0.15, -0.1) is 0 Å². The first kappa shape index (κ1) is 15.9. The molecular weight excluding hydrogens is 318 g/mol. The summed E-state index contributed by atoms with van der Waals surface area (Å²) in [5, 5.41) is 4.67. The average Bonchev–Trinajstić information content (AvgIpc) is 3.04. The quantitative estimate of drug-likeness (QED) is 0.896. The molecule has 0 spiro atoms. The number of aromatic nitrogens is 2. The number of hydrogen-bond acceptors (Lipinski definition) is 6. The van der Waals surface area contributed by atoms with Crippen molar-refractivity contribution in [1.29, 1.82) is 0 Å². The normalized spacial score (nSPS) is 15.8. The molecule has 1 aromatic heterocycles. The van der Waals surface area contributed by atoms with E-state index in [-0.39, 0.29) is 12.5 Å². The van der Waals surface area contributed by atoms with Crippen molar-refractivity contribution in [2.45, 2.75) is 6.54 Å². The van der Waals surface area contributed by atoms with Gasteiger partial charge in [-0.25, -0.2) is 0 Å². The fourth-order valence-corrected chi connectivity index (χ4v) is 2.64. The standard InChI is InChI=1S/C15H18ClN5O2/c16-12-3-1-11(2-4-12)15-18-13(23-19-15)10-20-5-7-21(8-6-20)14(22)9-17/h1-4H,5-10,17H2. The molecule has 2 N–H and O–H groups in total. The molecule has 23 heavy (non-hydrogen) atoms. The van der Waals surface area contributed by atoms with Crippen molar-refractivity contribution in [3.63, 3.8) is 0 Å². The Morgan fingerprint density at radius 2 is 1.91 bits per heavy atom. The van der Waals surface area contributed by atoms with Crippen LogP contribution in [0.2, 0.25) is 5.02 Å². The van der Waals surface area contributed by atoms with Gasteiger partial charge in [-0.05, 0) is 24.3 Å². The molecular formula is C15H18ClN5O2. The monoisotopic (exact) mass is 335 g/mol. The summed E-state index contributed by atoms with van der Waals surface area (Å²) in [4.78, 5) is 19.9. The number of nitrogens with zero attached hydrogens (tertiary/aromatic N) is 4. The molecule has 1 aromatic carbocycles. The summed E-state index contributed by atoms with van der Waals surface area (Å²) in [7, 11) is 0. The Morgan fingerprint density at radius 1 is 1.22 bits per heavy atom. The maximum absolute atomic E-state index is 11.5. The van der Waals surface area contributed by atoms with Crippen LogP contribution in [0.25, 0.3) is 11.4 Å². The number of hydrogen-bond donors (Lipinski definition) is 1. The van der Waals surface area contributed by atoms with Crippen molar-refractivity contribution < 1.29 is 9.32 Å². The lowest BCUT2D eigenvalue weighted by Crippen LogP contribution is -2.49. The second-order valence-corrected chi connectivity index (χ2v) is 5.82. The maximum atomic E-state index is 11.5. The second kappa shape index (κ2) is 7.08. The third kappa shape index (κ3) is 3.87. The van der Waals surface area contributed by atoms with Crippen LogP contribution in [0.1, 0.15) is 5.89 Å². The predicted octanol–water partition coefficient (Wildman–Crippen LogP) is 0.993. The summed E-state index contributed by atoms with van der Waals surface area (Å²) >= 11 is 5.87. The summed E-state index contributed by atoms with van der Waals surface area (Å²) in [6.07, 6.45) is 0. The molecule has 1 amide bonds. The van der Waals surface area contributed by atoms with Crippen LogP contribution in [-0.4, -0.2) is 58.6 Å². The van der Waals surface area contributed by atoms with Gasteiger partial charge in [0.25, 0.3) is 0 Å². The lowest BCUT2D eigenvalue weighted by atomic mass is 10.2. The Kier molecular flexibility index (Phi) is 4.90. The van der Waals surface area contributed by atoms with Crippen LogP contribution in [0, 0.1) is 0 Å². The van der Waals surface area contributed by atoms with Crippen molar-refractivity contribution >= 4 is 17.5 Å². The number of halogens is 1. The number of benzene rings is 1. The zero-order valence-electron chi connectivity index (χ0n) is 12.6. The molecule has 122 valence electrons. The van der Waals surface area contributed by atoms with E-state index in [9.17, 15) is 4.79 Å². The van der Waals surface area contributed by atoms with Crippen molar-refractivity contribution in [1.82, 2.24) is 19.9 Å². The molecule has 0 aliphatic carbocycles. The number of carbonyl (C=O) groups excluding carboxylic acids is 1. The minimum absolute atomic E-state index is 0.00698. The van der Waals surface area contributed by atoms with E-state index in [2.05, 4.69) is 15.0 Å². The zero-order chi connectivity index (χ0) is 16.2. The molecule has 2 heterocycles. The topological polar surface area (TPSA) is 88.5 Å². The van der Waals surface area contributed by atoms with Crippen molar-refractivity contribution in [2.75, 3.05) is 32.7 Å². The van der Waals surface area contributed by atoms with Crippen molar-refractivity contribution in [3.8, 4) is 11.4 Å². The highest BCUT2D eigenvalue weighted by atomic mass is 35.5. The molecule has 0 atom stereocenters. The zero-order valence-corrected chi connectivity index (χ0v) is 13.4. The Bertz CT molecular complexity index is 665. The smallest absolute Gasteiger partial charge is 0.241 e. The highest BCUT2D eigenvalue weighted by molar-refractivity contribution is 6.30. The van der Waals surface area contributed by atoms with Gasteiger partial charge in [0.15, 0.2) is 0 Å². The van der Waals surface area contributed by atoms with E-state index >= 15 is 0 Å². The molecule has 0 bridgehead atoms. The predicted molar refractivity (Wildman–Crippen MR) is 85.7 cm³/mol. The van der Waals surface area contributed by atoms with E-state index < -0.39 is 0 Å². The molecule has 7 nitrogen and oxygen atoms in total. The first-order valence-electron chi connectivity index (χ1n) is 7.44. The molecule has 0 unspecified atom stereocenters. The van der Waals surface area contributed by atoms with Gasteiger partial charge in [-0.1, -0.05) is 16.8 Å². The van der Waals surface area contributed by atoms with Gasteiger partial charge in [0.1, 0.15) is 0 Å². The van der Waals surface area contributed by atoms with Gasteiger partial charge in [0.05, 0.1) is 13.1 Å². The first-order chi connectivity index (χ1) is 11.2. The van der Waals surface area contributed by atoms with Crippen molar-refractivity contribution in [2.24, 2.45) is 5.73 Å². The highest BCUT2D eigenvalue weighted by Gasteiger charge is 2.21. The summed E-state index contributed by atoms with van der Waals surface area (Å²) in [6.45, 7) is 3.52. The Labute approximate surface area is 139 Å². The number of piperazine rings is 1. The Hall–Kier alpha value is -1.96. The van der Waals surface area contributed by atoms with Gasteiger partial charge < -0.3 is 15.2 Å². The maximum Gasteiger partial charge on any atom is 0.241 e. The Morgan fingerprint density at radius 3 is 2.57 bits per heavy atom. The third-order valence-corrected chi connectivity index (χ3v) is 4.08. The second-order valence-electron chi connectivity index (χ2n) is 5.38.